The molecule has 6 heteroatoms. The molecule has 30 heavy (non-hydrogen) atoms. The summed E-state index contributed by atoms with van der Waals surface area (Å²) < 4.78 is 21.5. The lowest BCUT2D eigenvalue weighted by Crippen LogP contribution is -2.06. The predicted octanol–water partition coefficient (Wildman–Crippen LogP) is 4.57. The molecule has 0 aliphatic carbocycles. The summed E-state index contributed by atoms with van der Waals surface area (Å²) in [6, 6.07) is 10.5. The van der Waals surface area contributed by atoms with Crippen molar-refractivity contribution in [3.63, 3.8) is 0 Å². The third kappa shape index (κ3) is 4.71. The molecule has 6 nitrogen and oxygen atoms in total. The summed E-state index contributed by atoms with van der Waals surface area (Å²) in [5.74, 6) is 0.702. The van der Waals surface area contributed by atoms with Gasteiger partial charge in [0, 0.05) is 23.1 Å². The Kier molecular flexibility index (Phi) is 6.57. The molecule has 156 valence electrons. The van der Waals surface area contributed by atoms with Gasteiger partial charge in [0.15, 0.2) is 11.5 Å². The molecule has 0 saturated carbocycles. The van der Waals surface area contributed by atoms with Crippen molar-refractivity contribution in [2.24, 2.45) is 0 Å². The second kappa shape index (κ2) is 9.31. The smallest absolute Gasteiger partial charge is 0.336 e. The number of ether oxygens (including phenoxy) is 3. The third-order valence-corrected chi connectivity index (χ3v) is 4.79. The van der Waals surface area contributed by atoms with Crippen molar-refractivity contribution in [1.82, 2.24) is 0 Å². The molecular formula is C24H24O6. The number of fused-ring (bicyclic) bond motifs is 1. The monoisotopic (exact) mass is 408 g/mol. The van der Waals surface area contributed by atoms with E-state index in [2.05, 4.69) is 0 Å². The maximum atomic E-state index is 12.2. The number of benzene rings is 2. The van der Waals surface area contributed by atoms with Gasteiger partial charge in [0.25, 0.3) is 0 Å². The largest absolute Gasteiger partial charge is 0.493 e. The van der Waals surface area contributed by atoms with E-state index in [4.69, 9.17) is 18.6 Å². The fourth-order valence-corrected chi connectivity index (χ4v) is 3.07. The number of carbonyl (C=O) groups is 1. The molecule has 0 amide bonds. The van der Waals surface area contributed by atoms with Gasteiger partial charge in [0.2, 0.25) is 0 Å². The summed E-state index contributed by atoms with van der Waals surface area (Å²) in [4.78, 5) is 24.1. The molecule has 0 aliphatic heterocycles. The average Bonchev–Trinajstić information content (AvgIpc) is 2.74. The molecule has 0 unspecified atom stereocenters. The SMILES string of the molecule is CCOc1ccc(/C=C/C(=O)OCc2cc(=O)oc3c(C)c(C)ccc23)cc1OC. The van der Waals surface area contributed by atoms with E-state index in [-0.39, 0.29) is 6.61 Å². The van der Waals surface area contributed by atoms with Crippen LogP contribution in [0.3, 0.4) is 0 Å². The Balaban J connectivity index is 1.74. The molecule has 0 N–H and O–H groups in total. The van der Waals surface area contributed by atoms with Crippen molar-refractivity contribution in [3.05, 3.63) is 75.1 Å². The van der Waals surface area contributed by atoms with Crippen LogP contribution in [-0.2, 0) is 16.1 Å². The number of rotatable bonds is 7. The molecule has 3 aromatic rings. The predicted molar refractivity (Wildman–Crippen MR) is 115 cm³/mol. The summed E-state index contributed by atoms with van der Waals surface area (Å²) in [6.45, 7) is 6.24. The second-order valence-corrected chi connectivity index (χ2v) is 6.76. The first kappa shape index (κ1) is 21.2. The molecule has 0 saturated heterocycles. The fraction of sp³-hybridized carbons (Fsp3) is 0.250. The first-order valence-corrected chi connectivity index (χ1v) is 9.61. The van der Waals surface area contributed by atoms with Gasteiger partial charge >= 0.3 is 11.6 Å². The zero-order valence-electron chi connectivity index (χ0n) is 17.5. The first-order chi connectivity index (χ1) is 14.4. The van der Waals surface area contributed by atoms with Gasteiger partial charge in [0.05, 0.1) is 13.7 Å². The Labute approximate surface area is 174 Å². The van der Waals surface area contributed by atoms with Crippen LogP contribution in [0, 0.1) is 13.8 Å². The van der Waals surface area contributed by atoms with E-state index in [0.29, 0.717) is 29.3 Å². The highest BCUT2D eigenvalue weighted by Crippen LogP contribution is 2.28. The first-order valence-electron chi connectivity index (χ1n) is 9.61. The molecule has 0 fully saturated rings. The van der Waals surface area contributed by atoms with Crippen molar-refractivity contribution in [2.45, 2.75) is 27.4 Å². The van der Waals surface area contributed by atoms with Gasteiger partial charge < -0.3 is 18.6 Å². The standard InChI is InChI=1S/C24H24O6/c1-5-28-20-10-7-17(12-21(20)27-4)8-11-22(25)29-14-18-13-23(26)30-24-16(3)15(2)6-9-19(18)24/h6-13H,5,14H2,1-4H3/b11-8+. The van der Waals surface area contributed by atoms with Gasteiger partial charge in [-0.1, -0.05) is 18.2 Å². The summed E-state index contributed by atoms with van der Waals surface area (Å²) >= 11 is 0. The molecule has 3 rings (SSSR count). The van der Waals surface area contributed by atoms with Crippen LogP contribution >= 0.6 is 0 Å². The number of aryl methyl sites for hydroxylation is 2. The summed E-state index contributed by atoms with van der Waals surface area (Å²) in [6.07, 6.45) is 2.96. The summed E-state index contributed by atoms with van der Waals surface area (Å²) in [5, 5.41) is 0.755. The van der Waals surface area contributed by atoms with Gasteiger partial charge in [0.1, 0.15) is 12.2 Å². The molecule has 0 spiro atoms. The van der Waals surface area contributed by atoms with E-state index in [1.807, 2.05) is 39.0 Å². The zero-order chi connectivity index (χ0) is 21.7. The van der Waals surface area contributed by atoms with E-state index in [9.17, 15) is 9.59 Å². The number of hydrogen-bond acceptors (Lipinski definition) is 6. The lowest BCUT2D eigenvalue weighted by Gasteiger charge is -2.10. The maximum Gasteiger partial charge on any atom is 0.336 e. The Bertz CT molecular complexity index is 1160. The minimum Gasteiger partial charge on any atom is -0.493 e. The van der Waals surface area contributed by atoms with Crippen LogP contribution < -0.4 is 15.1 Å². The van der Waals surface area contributed by atoms with Gasteiger partial charge in [-0.3, -0.25) is 0 Å². The Morgan fingerprint density at radius 1 is 1.10 bits per heavy atom. The van der Waals surface area contributed by atoms with E-state index in [1.165, 1.54) is 12.1 Å². The molecule has 1 heterocycles. The molecular weight excluding hydrogens is 384 g/mol. The van der Waals surface area contributed by atoms with Crippen molar-refractivity contribution in [1.29, 1.82) is 0 Å². The van der Waals surface area contributed by atoms with Gasteiger partial charge in [-0.2, -0.15) is 0 Å². The Morgan fingerprint density at radius 2 is 1.90 bits per heavy atom. The number of hydrogen-bond donors (Lipinski definition) is 0. The van der Waals surface area contributed by atoms with Crippen LogP contribution in [0.25, 0.3) is 17.0 Å². The molecule has 1 aromatic heterocycles. The molecule has 0 bridgehead atoms. The quantitative estimate of drug-likeness (QED) is 0.324. The zero-order valence-corrected chi connectivity index (χ0v) is 17.5. The summed E-state index contributed by atoms with van der Waals surface area (Å²) in [7, 11) is 1.56. The topological polar surface area (TPSA) is 75.0 Å². The van der Waals surface area contributed by atoms with Gasteiger partial charge in [-0.25, -0.2) is 9.59 Å². The lowest BCUT2D eigenvalue weighted by atomic mass is 10.0. The third-order valence-electron chi connectivity index (χ3n) is 4.79. The highest BCUT2D eigenvalue weighted by Gasteiger charge is 2.11. The Morgan fingerprint density at radius 3 is 2.63 bits per heavy atom. The van der Waals surface area contributed by atoms with Gasteiger partial charge in [-0.15, -0.1) is 0 Å². The Hall–Kier alpha value is -3.54. The van der Waals surface area contributed by atoms with Gasteiger partial charge in [-0.05, 0) is 55.7 Å². The lowest BCUT2D eigenvalue weighted by molar-refractivity contribution is -0.138. The number of carbonyl (C=O) groups excluding carboxylic acids is 1. The average molecular weight is 408 g/mol. The van der Waals surface area contributed by atoms with Crippen LogP contribution in [0.2, 0.25) is 0 Å². The number of methoxy groups -OCH3 is 1. The minimum absolute atomic E-state index is 0.0274. The van der Waals surface area contributed by atoms with Crippen LogP contribution in [0.15, 0.2) is 51.7 Å². The van der Waals surface area contributed by atoms with Crippen LogP contribution in [0.5, 0.6) is 11.5 Å². The fourth-order valence-electron chi connectivity index (χ4n) is 3.07. The van der Waals surface area contributed by atoms with Crippen LogP contribution in [-0.4, -0.2) is 19.7 Å². The molecule has 0 atom stereocenters. The normalized spacial score (nSPS) is 11.1. The van der Waals surface area contributed by atoms with Crippen LogP contribution in [0.1, 0.15) is 29.2 Å². The summed E-state index contributed by atoms with van der Waals surface area (Å²) in [5.41, 5.74) is 3.33. The number of esters is 1. The highest BCUT2D eigenvalue weighted by molar-refractivity contribution is 5.88. The maximum absolute atomic E-state index is 12.2. The minimum atomic E-state index is -0.520. The molecule has 0 radical (unpaired) electrons. The van der Waals surface area contributed by atoms with E-state index in [1.54, 1.807) is 25.3 Å². The molecule has 2 aromatic carbocycles. The van der Waals surface area contributed by atoms with Crippen molar-refractivity contribution >= 4 is 23.0 Å². The van der Waals surface area contributed by atoms with Crippen molar-refractivity contribution in [2.75, 3.05) is 13.7 Å². The second-order valence-electron chi connectivity index (χ2n) is 6.76. The van der Waals surface area contributed by atoms with Crippen molar-refractivity contribution < 1.29 is 23.4 Å². The van der Waals surface area contributed by atoms with E-state index >= 15 is 0 Å². The van der Waals surface area contributed by atoms with E-state index in [0.717, 1.165) is 22.1 Å². The highest BCUT2D eigenvalue weighted by atomic mass is 16.5. The van der Waals surface area contributed by atoms with E-state index < -0.39 is 11.6 Å². The molecule has 0 aliphatic rings. The van der Waals surface area contributed by atoms with Crippen molar-refractivity contribution in [3.8, 4) is 11.5 Å². The van der Waals surface area contributed by atoms with Crippen LogP contribution in [0.4, 0.5) is 0 Å².